The van der Waals surface area contributed by atoms with Crippen molar-refractivity contribution >= 4 is 64.2 Å². The number of anilines is 2. The molecule has 0 bridgehead atoms. The van der Waals surface area contributed by atoms with E-state index in [0.29, 0.717) is 22.7 Å². The quantitative estimate of drug-likeness (QED) is 0.117. The molecule has 1 aliphatic rings. The zero-order chi connectivity index (χ0) is 32.9. The van der Waals surface area contributed by atoms with Gasteiger partial charge >= 0.3 is 11.9 Å². The summed E-state index contributed by atoms with van der Waals surface area (Å²) in [6.07, 6.45) is 2.14. The van der Waals surface area contributed by atoms with Crippen LogP contribution in [-0.2, 0) is 33.6 Å². The van der Waals surface area contributed by atoms with E-state index in [0.717, 1.165) is 17.1 Å². The van der Waals surface area contributed by atoms with Crippen LogP contribution in [0.1, 0.15) is 25.7 Å². The molecule has 16 nitrogen and oxygen atoms in total. The zero-order valence-electron chi connectivity index (χ0n) is 23.8. The number of carbonyl (C=O) groups is 7. The molecule has 0 spiro atoms. The molecule has 236 valence electrons. The van der Waals surface area contributed by atoms with Crippen molar-refractivity contribution in [3.05, 3.63) is 60.7 Å². The number of imide groups is 1. The minimum atomic E-state index is -1.31. The number of carboxylic acids is 2. The third-order valence-electron chi connectivity index (χ3n) is 6.39. The van der Waals surface area contributed by atoms with Gasteiger partial charge in [0.05, 0.1) is 23.8 Å². The smallest absolute Gasteiger partial charge is 0.320 e. The highest BCUT2D eigenvalue weighted by Gasteiger charge is 2.26. The Kier molecular flexibility index (Phi) is 12.1. The van der Waals surface area contributed by atoms with Crippen LogP contribution in [0.5, 0.6) is 0 Å². The topological polar surface area (TPSA) is 250 Å². The van der Waals surface area contributed by atoms with Crippen molar-refractivity contribution in [3.8, 4) is 0 Å². The van der Waals surface area contributed by atoms with Crippen molar-refractivity contribution in [1.82, 2.24) is 10.2 Å². The van der Waals surface area contributed by atoms with Crippen LogP contribution in [0.3, 0.4) is 0 Å². The van der Waals surface area contributed by atoms with E-state index in [2.05, 4.69) is 26.2 Å². The number of amides is 5. The van der Waals surface area contributed by atoms with Crippen molar-refractivity contribution in [3.63, 3.8) is 0 Å². The van der Waals surface area contributed by atoms with Crippen molar-refractivity contribution in [2.24, 2.45) is 21.9 Å². The fourth-order valence-electron chi connectivity index (χ4n) is 4.00. The van der Waals surface area contributed by atoms with Gasteiger partial charge in [0.25, 0.3) is 11.8 Å². The predicted molar refractivity (Wildman–Crippen MR) is 158 cm³/mol. The van der Waals surface area contributed by atoms with Crippen molar-refractivity contribution in [2.45, 2.75) is 31.7 Å². The molecule has 16 heteroatoms. The molecule has 7 N–H and O–H groups in total. The molecule has 2 aromatic carbocycles. The standard InChI is InChI=1S/C29H31N7O9/c30-22(29(44)45)14-17(28(42)43)2-1-3-23(37)31-15-24(38)32-18-4-8-20(9-5-18)34-35-21-10-6-19(7-11-21)33-25(39)16-36-26(40)12-13-27(36)41/h4-13,17,22H,1-3,14-16,30H2,(H,31,37)(H,32,38)(H,33,39)(H,42,43)(H,44,45)/b35-34-/t17-,22+/m1/s1. The number of hydrogen-bond donors (Lipinski definition) is 6. The molecule has 2 aromatic rings. The Morgan fingerprint density at radius 3 is 1.76 bits per heavy atom. The first-order valence-corrected chi connectivity index (χ1v) is 13.6. The molecule has 45 heavy (non-hydrogen) atoms. The summed E-state index contributed by atoms with van der Waals surface area (Å²) < 4.78 is 0. The molecule has 1 aliphatic heterocycles. The third kappa shape index (κ3) is 11.1. The van der Waals surface area contributed by atoms with Crippen LogP contribution in [0.4, 0.5) is 22.7 Å². The third-order valence-corrected chi connectivity index (χ3v) is 6.39. The summed E-state index contributed by atoms with van der Waals surface area (Å²) in [7, 11) is 0. The average molecular weight is 622 g/mol. The van der Waals surface area contributed by atoms with Crippen molar-refractivity contribution in [2.75, 3.05) is 23.7 Å². The minimum absolute atomic E-state index is 0.0442. The highest BCUT2D eigenvalue weighted by molar-refractivity contribution is 6.15. The SMILES string of the molecule is N[C@@H](C[C@@H](CCCC(=O)NCC(=O)Nc1ccc(/N=N\c2ccc(NC(=O)CN3C(=O)C=CC3=O)cc2)cc1)C(=O)O)C(=O)O. The Morgan fingerprint density at radius 1 is 0.756 bits per heavy atom. The van der Waals surface area contributed by atoms with Crippen LogP contribution >= 0.6 is 0 Å². The van der Waals surface area contributed by atoms with E-state index in [9.17, 15) is 38.7 Å². The molecular formula is C29H31N7O9. The van der Waals surface area contributed by atoms with Crippen LogP contribution in [0.25, 0.3) is 0 Å². The normalized spacial score (nSPS) is 13.8. The summed E-state index contributed by atoms with van der Waals surface area (Å²) in [6, 6.07) is 11.5. The number of nitrogens with one attached hydrogen (secondary N) is 3. The summed E-state index contributed by atoms with van der Waals surface area (Å²) >= 11 is 0. The molecular weight excluding hydrogens is 590 g/mol. The van der Waals surface area contributed by atoms with Gasteiger partial charge in [0.1, 0.15) is 12.6 Å². The van der Waals surface area contributed by atoms with E-state index in [1.807, 2.05) is 0 Å². The lowest BCUT2D eigenvalue weighted by molar-refractivity contribution is -0.144. The maximum atomic E-state index is 12.2. The van der Waals surface area contributed by atoms with Gasteiger partial charge in [-0.15, -0.1) is 0 Å². The molecule has 0 unspecified atom stereocenters. The second kappa shape index (κ2) is 16.2. The van der Waals surface area contributed by atoms with Crippen LogP contribution in [0, 0.1) is 5.92 Å². The summed E-state index contributed by atoms with van der Waals surface area (Å²) in [5.74, 6) is -6.07. The fraction of sp³-hybridized carbons (Fsp3) is 0.276. The zero-order valence-corrected chi connectivity index (χ0v) is 23.8. The molecule has 1 heterocycles. The average Bonchev–Trinajstić information content (AvgIpc) is 3.31. The number of nitrogens with zero attached hydrogens (tertiary/aromatic N) is 3. The Morgan fingerprint density at radius 2 is 1.27 bits per heavy atom. The number of carbonyl (C=O) groups excluding carboxylic acids is 5. The van der Waals surface area contributed by atoms with Gasteiger partial charge in [0.15, 0.2) is 0 Å². The van der Waals surface area contributed by atoms with Crippen LogP contribution in [0.15, 0.2) is 70.9 Å². The van der Waals surface area contributed by atoms with E-state index in [4.69, 9.17) is 10.8 Å². The van der Waals surface area contributed by atoms with Crippen molar-refractivity contribution < 1.29 is 43.8 Å². The first-order valence-electron chi connectivity index (χ1n) is 13.6. The number of azo groups is 1. The minimum Gasteiger partial charge on any atom is -0.481 e. The van der Waals surface area contributed by atoms with Gasteiger partial charge in [0, 0.05) is 29.9 Å². The predicted octanol–water partition coefficient (Wildman–Crippen LogP) is 1.69. The fourth-order valence-corrected chi connectivity index (χ4v) is 4.00. The second-order valence-corrected chi connectivity index (χ2v) is 9.87. The maximum Gasteiger partial charge on any atom is 0.320 e. The molecule has 0 aromatic heterocycles. The van der Waals surface area contributed by atoms with Gasteiger partial charge in [0.2, 0.25) is 17.7 Å². The number of nitrogens with two attached hydrogens (primary N) is 1. The molecule has 0 saturated carbocycles. The number of rotatable bonds is 16. The lowest BCUT2D eigenvalue weighted by atomic mass is 9.94. The first kappa shape index (κ1) is 33.7. The Bertz CT molecular complexity index is 1490. The Hall–Kier alpha value is -5.77. The molecule has 0 saturated heterocycles. The van der Waals surface area contributed by atoms with E-state index in [1.165, 1.54) is 0 Å². The van der Waals surface area contributed by atoms with Crippen LogP contribution in [0.2, 0.25) is 0 Å². The van der Waals surface area contributed by atoms with E-state index in [-0.39, 0.29) is 32.2 Å². The summed E-state index contributed by atoms with van der Waals surface area (Å²) in [6.45, 7) is -0.711. The second-order valence-electron chi connectivity index (χ2n) is 9.87. The van der Waals surface area contributed by atoms with E-state index < -0.39 is 60.0 Å². The number of aliphatic carboxylic acids is 2. The number of hydrogen-bond acceptors (Lipinski definition) is 10. The molecule has 0 fully saturated rings. The number of benzene rings is 2. The molecule has 5 amide bonds. The molecule has 0 radical (unpaired) electrons. The molecule has 2 atom stereocenters. The highest BCUT2D eigenvalue weighted by Crippen LogP contribution is 2.22. The van der Waals surface area contributed by atoms with E-state index >= 15 is 0 Å². The van der Waals surface area contributed by atoms with Gasteiger partial charge in [-0.05, 0) is 67.8 Å². The largest absolute Gasteiger partial charge is 0.481 e. The van der Waals surface area contributed by atoms with Crippen LogP contribution in [-0.4, -0.2) is 75.7 Å². The Balaban J connectivity index is 1.38. The lowest BCUT2D eigenvalue weighted by Gasteiger charge is -2.14. The van der Waals surface area contributed by atoms with Gasteiger partial charge in [-0.25, -0.2) is 0 Å². The van der Waals surface area contributed by atoms with Gasteiger partial charge < -0.3 is 31.9 Å². The summed E-state index contributed by atoms with van der Waals surface area (Å²) in [5.41, 5.74) is 7.24. The monoisotopic (exact) mass is 621 g/mol. The van der Waals surface area contributed by atoms with Gasteiger partial charge in [-0.3, -0.25) is 38.5 Å². The number of carboxylic acid groups (broad SMARTS) is 2. The van der Waals surface area contributed by atoms with Crippen molar-refractivity contribution in [1.29, 1.82) is 0 Å². The summed E-state index contributed by atoms with van der Waals surface area (Å²) in [5, 5.41) is 33.9. The first-order chi connectivity index (χ1) is 21.4. The van der Waals surface area contributed by atoms with E-state index in [1.54, 1.807) is 48.5 Å². The van der Waals surface area contributed by atoms with Crippen LogP contribution < -0.4 is 21.7 Å². The lowest BCUT2D eigenvalue weighted by Crippen LogP contribution is -2.37. The maximum absolute atomic E-state index is 12.2. The highest BCUT2D eigenvalue weighted by atomic mass is 16.4. The molecule has 0 aliphatic carbocycles. The van der Waals surface area contributed by atoms with Gasteiger partial charge in [-0.1, -0.05) is 0 Å². The summed E-state index contributed by atoms with van der Waals surface area (Å²) in [4.78, 5) is 82.5. The Labute approximate surface area is 256 Å². The molecule has 3 rings (SSSR count). The van der Waals surface area contributed by atoms with Gasteiger partial charge in [-0.2, -0.15) is 10.2 Å².